The number of rotatable bonds is 91. The summed E-state index contributed by atoms with van der Waals surface area (Å²) in [6.07, 6.45) is 63.5. The van der Waals surface area contributed by atoms with Crippen molar-refractivity contribution in [2.24, 2.45) is 0 Å². The lowest BCUT2D eigenvalue weighted by Gasteiger charge is -2.45. The van der Waals surface area contributed by atoms with E-state index in [1.165, 1.54) is 289 Å². The molecule has 0 radical (unpaired) electrons. The van der Waals surface area contributed by atoms with Gasteiger partial charge in [0, 0.05) is 6.42 Å². The largest absolute Gasteiger partial charge is 0.462 e. The molecular weight excluding hydrogens is 1570 g/mol. The molecule has 14 atom stereocenters. The van der Waals surface area contributed by atoms with Gasteiger partial charge in [-0.05, 0) is 38.5 Å². The van der Waals surface area contributed by atoms with Crippen molar-refractivity contribution >= 4 is 29.7 Å². The van der Waals surface area contributed by atoms with Crippen LogP contribution in [0.15, 0.2) is 0 Å². The Labute approximate surface area is 758 Å². The maximum absolute atomic E-state index is 14.9. The molecule has 2 saturated heterocycles. The van der Waals surface area contributed by atoms with Crippen molar-refractivity contribution in [1.29, 1.82) is 0 Å². The van der Waals surface area contributed by atoms with Crippen LogP contribution in [0.5, 0.6) is 0 Å². The molecule has 2 amide bonds. The van der Waals surface area contributed by atoms with Crippen LogP contribution in [-0.4, -0.2) is 164 Å². The van der Waals surface area contributed by atoms with Gasteiger partial charge in [0.05, 0.1) is 57.2 Å². The van der Waals surface area contributed by atoms with Gasteiger partial charge in [0.1, 0.15) is 42.6 Å². The van der Waals surface area contributed by atoms with Crippen LogP contribution in [-0.2, 0) is 52.4 Å². The van der Waals surface area contributed by atoms with Gasteiger partial charge < -0.3 is 74.8 Å². The van der Waals surface area contributed by atoms with Gasteiger partial charge in [0.25, 0.3) is 0 Å². The van der Waals surface area contributed by atoms with Gasteiger partial charge in [-0.1, -0.05) is 465 Å². The average molecular weight is 1760 g/mol. The second-order valence-corrected chi connectivity index (χ2v) is 38.1. The Morgan fingerprint density at radius 2 is 0.556 bits per heavy atom. The first kappa shape index (κ1) is 117. The van der Waals surface area contributed by atoms with Crippen LogP contribution in [0.3, 0.4) is 0 Å². The molecule has 124 heavy (non-hydrogen) atoms. The lowest BCUT2D eigenvalue weighted by atomic mass is 9.95. The van der Waals surface area contributed by atoms with Crippen LogP contribution in [0.2, 0.25) is 0 Å². The minimum absolute atomic E-state index is 0.195. The first-order valence-electron chi connectivity index (χ1n) is 53.3. The highest BCUT2D eigenvalue weighted by Crippen LogP contribution is 2.31. The van der Waals surface area contributed by atoms with Crippen LogP contribution >= 0.6 is 0 Å². The summed E-state index contributed by atoms with van der Waals surface area (Å²) in [6.45, 7) is 9.66. The number of aliphatic hydroxyl groups excluding tert-OH is 7. The fourth-order valence-corrected chi connectivity index (χ4v) is 18.1. The van der Waals surface area contributed by atoms with E-state index in [9.17, 15) is 59.7 Å². The third-order valence-electron chi connectivity index (χ3n) is 26.1. The maximum Gasteiger partial charge on any atom is 0.308 e. The van der Waals surface area contributed by atoms with E-state index in [1.807, 2.05) is 0 Å². The van der Waals surface area contributed by atoms with Crippen molar-refractivity contribution in [3.63, 3.8) is 0 Å². The topological polar surface area (TPSA) is 306 Å². The minimum Gasteiger partial charge on any atom is -0.462 e. The summed E-state index contributed by atoms with van der Waals surface area (Å²) in [7, 11) is 0. The van der Waals surface area contributed by atoms with E-state index in [0.717, 1.165) is 122 Å². The highest BCUT2D eigenvalue weighted by atomic mass is 16.7. The predicted octanol–water partition coefficient (Wildman–Crippen LogP) is 24.5. The average Bonchev–Trinajstić information content (AvgIpc) is 0.789. The first-order chi connectivity index (χ1) is 60.5. The number of nitrogens with one attached hydrogen (secondary N) is 2. The fourth-order valence-electron chi connectivity index (χ4n) is 18.1. The monoisotopic (exact) mass is 1760 g/mol. The van der Waals surface area contributed by atoms with Crippen LogP contribution in [0.25, 0.3) is 0 Å². The second kappa shape index (κ2) is 84.2. The quantitative estimate of drug-likeness (QED) is 0.0155. The van der Waals surface area contributed by atoms with Crippen LogP contribution in [0, 0.1) is 0 Å². The molecule has 0 aromatic carbocycles. The molecule has 2 rings (SSSR count). The molecule has 2 fully saturated rings. The molecule has 0 aliphatic carbocycles. The van der Waals surface area contributed by atoms with E-state index in [4.69, 9.17) is 28.4 Å². The first-order valence-corrected chi connectivity index (χ1v) is 53.3. The van der Waals surface area contributed by atoms with E-state index >= 15 is 0 Å². The number of ether oxygens (including phenoxy) is 6. The molecule has 0 unspecified atom stereocenters. The van der Waals surface area contributed by atoms with E-state index in [1.54, 1.807) is 0 Å². The Morgan fingerprint density at radius 3 is 0.871 bits per heavy atom. The predicted molar refractivity (Wildman–Crippen MR) is 505 cm³/mol. The van der Waals surface area contributed by atoms with Crippen molar-refractivity contribution in [1.82, 2.24) is 10.6 Å². The standard InChI is InChI=1S/C104H198N2O18/c1-6-11-16-21-26-31-36-37-38-39-40-41-42-43-44-45-46-47-48-49-54-59-64-69-74-79-94(113)120-89(78-73-68-63-58-53-35-30-25-20-15-10-5)83-93(112)106-98-102(124-96(115)82-88(110)77-72-67-62-57-52-34-29-24-19-14-9-4)99(116)90(84-107)122-104(98)119-85-91-100(117)101(123-95(114)81-87(109)76-71-66-61-56-51-33-28-23-18-13-8-3)97(103(118)121-91)105-92(111)80-86(108)75-70-65-60-55-50-32-27-22-17-12-7-2/h86-91,97-104,107-110,116-118H,6-85H2,1-5H3,(H,105,111)(H,106,112)/t86-,87-,88-,89-,90-,91-,97-,98-,99-,100-,101-,102-,103+,104-/m1/s1. The third-order valence-corrected chi connectivity index (χ3v) is 26.1. The number of hydrogen-bond donors (Lipinski definition) is 9. The number of esters is 3. The fraction of sp³-hybridized carbons (Fsp3) is 0.952. The van der Waals surface area contributed by atoms with Gasteiger partial charge in [0.2, 0.25) is 11.8 Å². The molecule has 20 heteroatoms. The molecule has 9 N–H and O–H groups in total. The number of carbonyl (C=O) groups is 5. The Hall–Kier alpha value is -3.05. The van der Waals surface area contributed by atoms with E-state index < -0.39 is 141 Å². The SMILES string of the molecule is CCCCCCCCCCCCCCCCCCCCCCCCCCCC(=O)O[C@H](CCCCCCCCCCCCC)CC(=O)N[C@H]1[C@H](OC[C@H]2O[C@H](O)[C@H](NC(=O)C[C@H](O)CCCCCCCCCCCCC)[C@@H](OC(=O)C[C@H](O)CCCCCCCCCCCCC)[C@@H]2O)O[C@H](CO)[C@@H](O)[C@@H]1OC(=O)C[C@H](O)CCCCCCCCCCCCC. The van der Waals surface area contributed by atoms with E-state index in [-0.39, 0.29) is 19.3 Å². The molecule has 0 saturated carbocycles. The highest BCUT2D eigenvalue weighted by molar-refractivity contribution is 5.78. The zero-order valence-electron chi connectivity index (χ0n) is 80.8. The van der Waals surface area contributed by atoms with Crippen LogP contribution < -0.4 is 10.6 Å². The maximum atomic E-state index is 14.9. The molecule has 0 bridgehead atoms. The minimum atomic E-state index is -1.95. The van der Waals surface area contributed by atoms with E-state index in [2.05, 4.69) is 45.3 Å². The van der Waals surface area contributed by atoms with Gasteiger partial charge in [0.15, 0.2) is 24.8 Å². The van der Waals surface area contributed by atoms with Crippen molar-refractivity contribution in [3.8, 4) is 0 Å². The van der Waals surface area contributed by atoms with Gasteiger partial charge >= 0.3 is 17.9 Å². The highest BCUT2D eigenvalue weighted by Gasteiger charge is 2.52. The van der Waals surface area contributed by atoms with Gasteiger partial charge in [-0.2, -0.15) is 0 Å². The molecule has 20 nitrogen and oxygen atoms in total. The van der Waals surface area contributed by atoms with Crippen LogP contribution in [0.4, 0.5) is 0 Å². The van der Waals surface area contributed by atoms with E-state index in [0.29, 0.717) is 57.8 Å². The zero-order valence-corrected chi connectivity index (χ0v) is 80.8. The smallest absolute Gasteiger partial charge is 0.308 e. The van der Waals surface area contributed by atoms with Crippen molar-refractivity contribution in [2.45, 2.75) is 621 Å². The summed E-state index contributed by atoms with van der Waals surface area (Å²) in [4.78, 5) is 70.6. The summed E-state index contributed by atoms with van der Waals surface area (Å²) in [6, 6.07) is -3.12. The molecule has 0 aromatic rings. The normalized spacial score (nSPS) is 20.1. The Morgan fingerprint density at radius 1 is 0.298 bits per heavy atom. The molecule has 0 aromatic heterocycles. The summed E-state index contributed by atoms with van der Waals surface area (Å²) in [5.74, 6) is -3.57. The van der Waals surface area contributed by atoms with Gasteiger partial charge in [-0.3, -0.25) is 24.0 Å². The summed E-state index contributed by atoms with van der Waals surface area (Å²) < 4.78 is 36.8. The molecule has 2 aliphatic rings. The lowest BCUT2D eigenvalue weighted by Crippen LogP contribution is -2.67. The lowest BCUT2D eigenvalue weighted by molar-refractivity contribution is -0.300. The van der Waals surface area contributed by atoms with Gasteiger partial charge in [-0.15, -0.1) is 0 Å². The summed E-state index contributed by atoms with van der Waals surface area (Å²) in [5, 5.41) is 86.1. The van der Waals surface area contributed by atoms with Crippen molar-refractivity contribution in [3.05, 3.63) is 0 Å². The Balaban J connectivity index is 2.33. The number of amides is 2. The van der Waals surface area contributed by atoms with Crippen molar-refractivity contribution < 1.29 is 88.1 Å². The van der Waals surface area contributed by atoms with Gasteiger partial charge in [-0.25, -0.2) is 0 Å². The zero-order chi connectivity index (χ0) is 90.2. The molecular formula is C104H198N2O18. The number of unbranched alkanes of at least 4 members (excludes halogenated alkanes) is 64. The molecule has 732 valence electrons. The summed E-state index contributed by atoms with van der Waals surface area (Å²) >= 11 is 0. The second-order valence-electron chi connectivity index (χ2n) is 38.1. The molecule has 0 spiro atoms. The van der Waals surface area contributed by atoms with Crippen LogP contribution in [0.1, 0.15) is 535 Å². The number of aliphatic hydroxyl groups is 7. The Kier molecular flexibility index (Phi) is 79.5. The number of carbonyl (C=O) groups excluding carboxylic acids is 5. The summed E-state index contributed by atoms with van der Waals surface area (Å²) in [5.41, 5.74) is 0. The molecule has 2 heterocycles. The van der Waals surface area contributed by atoms with Crippen molar-refractivity contribution in [2.75, 3.05) is 13.2 Å². The third kappa shape index (κ3) is 65.5. The Bertz CT molecular complexity index is 2410. The number of hydrogen-bond acceptors (Lipinski definition) is 18. The molecule has 2 aliphatic heterocycles.